The topological polar surface area (TPSA) is 118 Å². The Morgan fingerprint density at radius 2 is 2.00 bits per heavy atom. The van der Waals surface area contributed by atoms with Crippen LogP contribution in [0.1, 0.15) is 29.4 Å². The van der Waals surface area contributed by atoms with Crippen LogP contribution in [0.2, 0.25) is 0 Å². The van der Waals surface area contributed by atoms with E-state index < -0.39 is 23.8 Å². The fourth-order valence-electron chi connectivity index (χ4n) is 3.65. The van der Waals surface area contributed by atoms with E-state index in [-0.39, 0.29) is 29.0 Å². The van der Waals surface area contributed by atoms with Crippen LogP contribution < -0.4 is 16.0 Å². The third-order valence-electron chi connectivity index (χ3n) is 5.14. The fraction of sp³-hybridized carbons (Fsp3) is 0.211. The van der Waals surface area contributed by atoms with Gasteiger partial charge in [-0.1, -0.05) is 6.07 Å². The summed E-state index contributed by atoms with van der Waals surface area (Å²) in [6.45, 7) is -2.96. The van der Waals surface area contributed by atoms with Crippen molar-refractivity contribution < 1.29 is 17.9 Å². The second-order valence-corrected chi connectivity index (χ2v) is 7.04. The lowest BCUT2D eigenvalue weighted by Crippen LogP contribution is -2.23. The van der Waals surface area contributed by atoms with Crippen molar-refractivity contribution in [2.24, 2.45) is 0 Å². The molecule has 1 unspecified atom stereocenters. The Morgan fingerprint density at radius 1 is 1.16 bits per heavy atom. The van der Waals surface area contributed by atoms with Crippen molar-refractivity contribution in [1.82, 2.24) is 29.5 Å². The van der Waals surface area contributed by atoms with Gasteiger partial charge in [-0.05, 0) is 29.9 Å². The first-order chi connectivity index (χ1) is 14.9. The molecule has 0 bridgehead atoms. The summed E-state index contributed by atoms with van der Waals surface area (Å²) in [7, 11) is 0. The van der Waals surface area contributed by atoms with Crippen molar-refractivity contribution >= 4 is 5.65 Å². The molecule has 12 heteroatoms. The summed E-state index contributed by atoms with van der Waals surface area (Å²) < 4.78 is 44.1. The van der Waals surface area contributed by atoms with Gasteiger partial charge in [0.15, 0.2) is 5.65 Å². The van der Waals surface area contributed by atoms with Gasteiger partial charge in [0.05, 0.1) is 17.5 Å². The number of H-pyrrole nitrogens is 2. The van der Waals surface area contributed by atoms with Gasteiger partial charge in [0.2, 0.25) is 11.8 Å². The van der Waals surface area contributed by atoms with E-state index in [1.807, 2.05) is 0 Å². The summed E-state index contributed by atoms with van der Waals surface area (Å²) in [6.07, 6.45) is 4.39. The standard InChI is InChI=1S/C19H13F3N6O3/c20-14-7-24-16-11(4-13(27-28(14)16)12-6-25-19(30)26-17(12)29)10-3-9(10)8-1-2-15(23-5-8)31-18(21)22/h1-2,4-7,9-10,18H,3H2,(H2,25,26,29,30)/t9?,10-/m1/s1. The van der Waals surface area contributed by atoms with Gasteiger partial charge in [0.1, 0.15) is 0 Å². The highest BCUT2D eigenvalue weighted by atomic mass is 19.3. The van der Waals surface area contributed by atoms with Gasteiger partial charge in [-0.25, -0.2) is 14.8 Å². The maximum absolute atomic E-state index is 14.2. The average molecular weight is 430 g/mol. The SMILES string of the molecule is O=c1[nH]cc(-c2cc([C@@H]3CC3c3ccc(OC(F)F)nc3)c3ncc(F)n3n2)c(=O)[nH]1. The number of pyridine rings is 1. The predicted molar refractivity (Wildman–Crippen MR) is 101 cm³/mol. The lowest BCUT2D eigenvalue weighted by Gasteiger charge is -2.08. The van der Waals surface area contributed by atoms with E-state index in [9.17, 15) is 22.8 Å². The van der Waals surface area contributed by atoms with E-state index in [0.29, 0.717) is 17.6 Å². The molecule has 2 atom stereocenters. The van der Waals surface area contributed by atoms with E-state index in [1.54, 1.807) is 12.1 Å². The summed E-state index contributed by atoms with van der Waals surface area (Å²) in [5.41, 5.74) is 0.686. The number of imidazole rings is 1. The Morgan fingerprint density at radius 3 is 2.71 bits per heavy atom. The highest BCUT2D eigenvalue weighted by Gasteiger charge is 2.42. The van der Waals surface area contributed by atoms with Crippen LogP contribution in [0.5, 0.6) is 5.88 Å². The summed E-state index contributed by atoms with van der Waals surface area (Å²) in [4.78, 5) is 35.9. The van der Waals surface area contributed by atoms with E-state index in [2.05, 4.69) is 29.8 Å². The van der Waals surface area contributed by atoms with E-state index in [0.717, 1.165) is 16.3 Å². The van der Waals surface area contributed by atoms with E-state index in [1.165, 1.54) is 18.5 Å². The molecule has 158 valence electrons. The minimum atomic E-state index is -2.96. The van der Waals surface area contributed by atoms with Crippen molar-refractivity contribution in [3.05, 3.63) is 74.7 Å². The highest BCUT2D eigenvalue weighted by Crippen LogP contribution is 2.55. The molecule has 5 rings (SSSR count). The second-order valence-electron chi connectivity index (χ2n) is 7.04. The molecule has 4 heterocycles. The second kappa shape index (κ2) is 7.07. The van der Waals surface area contributed by atoms with E-state index in [4.69, 9.17) is 0 Å². The van der Waals surface area contributed by atoms with Gasteiger partial charge in [0.25, 0.3) is 5.56 Å². The summed E-state index contributed by atoms with van der Waals surface area (Å²) in [6, 6.07) is 4.64. The lowest BCUT2D eigenvalue weighted by atomic mass is 10.1. The quantitative estimate of drug-likeness (QED) is 0.501. The monoisotopic (exact) mass is 430 g/mol. The Balaban J connectivity index is 1.53. The van der Waals surface area contributed by atoms with Gasteiger partial charge in [0, 0.05) is 24.0 Å². The van der Waals surface area contributed by atoms with Crippen molar-refractivity contribution in [3.63, 3.8) is 0 Å². The Hall–Kier alpha value is -3.96. The number of hydrogen-bond donors (Lipinski definition) is 2. The third kappa shape index (κ3) is 3.45. The minimum absolute atomic E-state index is 0.000718. The number of fused-ring (bicyclic) bond motifs is 1. The molecule has 9 nitrogen and oxygen atoms in total. The first-order valence-electron chi connectivity index (χ1n) is 9.18. The molecular weight excluding hydrogens is 417 g/mol. The van der Waals surface area contributed by atoms with Crippen LogP contribution in [0, 0.1) is 5.95 Å². The maximum atomic E-state index is 14.2. The number of nitrogens with one attached hydrogen (secondary N) is 2. The van der Waals surface area contributed by atoms with Gasteiger partial charge < -0.3 is 9.72 Å². The first-order valence-corrected chi connectivity index (χ1v) is 9.18. The number of ether oxygens (including phenoxy) is 1. The summed E-state index contributed by atoms with van der Waals surface area (Å²) in [5.74, 6) is -0.958. The van der Waals surface area contributed by atoms with Crippen molar-refractivity contribution in [2.75, 3.05) is 0 Å². The molecule has 31 heavy (non-hydrogen) atoms. The summed E-state index contributed by atoms with van der Waals surface area (Å²) >= 11 is 0. The zero-order valence-corrected chi connectivity index (χ0v) is 15.6. The molecule has 4 aromatic rings. The lowest BCUT2D eigenvalue weighted by molar-refractivity contribution is -0.0528. The Bertz CT molecular complexity index is 1400. The molecule has 0 amide bonds. The Labute approximate surface area is 170 Å². The van der Waals surface area contributed by atoms with Gasteiger partial charge >= 0.3 is 12.3 Å². The molecule has 0 spiro atoms. The molecule has 1 aliphatic rings. The molecule has 0 radical (unpaired) electrons. The van der Waals surface area contributed by atoms with Crippen LogP contribution in [0.4, 0.5) is 13.2 Å². The van der Waals surface area contributed by atoms with Crippen molar-refractivity contribution in [2.45, 2.75) is 24.9 Å². The van der Waals surface area contributed by atoms with Crippen LogP contribution in [-0.4, -0.2) is 36.2 Å². The number of aromatic nitrogens is 6. The number of halogens is 3. The van der Waals surface area contributed by atoms with Crippen LogP contribution >= 0.6 is 0 Å². The smallest absolute Gasteiger partial charge is 0.388 e. The van der Waals surface area contributed by atoms with Crippen molar-refractivity contribution in [1.29, 1.82) is 0 Å². The molecule has 1 fully saturated rings. The fourth-order valence-corrected chi connectivity index (χ4v) is 3.65. The number of rotatable bonds is 5. The molecule has 4 aromatic heterocycles. The molecule has 1 aliphatic carbocycles. The largest absolute Gasteiger partial charge is 0.417 e. The van der Waals surface area contributed by atoms with E-state index >= 15 is 0 Å². The zero-order chi connectivity index (χ0) is 21.7. The van der Waals surface area contributed by atoms with Gasteiger partial charge in [-0.2, -0.15) is 22.8 Å². The minimum Gasteiger partial charge on any atom is -0.417 e. The van der Waals surface area contributed by atoms with Gasteiger partial charge in [-0.15, -0.1) is 0 Å². The number of aromatic amines is 2. The normalized spacial score (nSPS) is 17.9. The number of hydrogen-bond acceptors (Lipinski definition) is 6. The molecule has 1 saturated carbocycles. The number of nitrogens with zero attached hydrogens (tertiary/aromatic N) is 4. The average Bonchev–Trinajstić information content (AvgIpc) is 3.44. The van der Waals surface area contributed by atoms with Crippen LogP contribution in [0.25, 0.3) is 16.9 Å². The van der Waals surface area contributed by atoms with Crippen LogP contribution in [-0.2, 0) is 0 Å². The van der Waals surface area contributed by atoms with Crippen LogP contribution in [0.15, 0.2) is 46.4 Å². The molecular formula is C19H13F3N6O3. The molecule has 0 aliphatic heterocycles. The third-order valence-corrected chi connectivity index (χ3v) is 5.14. The highest BCUT2D eigenvalue weighted by molar-refractivity contribution is 5.63. The Kier molecular flexibility index (Phi) is 4.34. The molecule has 2 N–H and O–H groups in total. The van der Waals surface area contributed by atoms with Gasteiger partial charge in [-0.3, -0.25) is 9.78 Å². The number of alkyl halides is 2. The molecule has 0 aromatic carbocycles. The van der Waals surface area contributed by atoms with Crippen molar-refractivity contribution in [3.8, 4) is 17.1 Å². The predicted octanol–water partition coefficient (Wildman–Crippen LogP) is 2.18. The first kappa shape index (κ1) is 19.0. The maximum Gasteiger partial charge on any atom is 0.388 e. The summed E-state index contributed by atoms with van der Waals surface area (Å²) in [5, 5.41) is 4.14. The molecule has 0 saturated heterocycles. The zero-order valence-electron chi connectivity index (χ0n) is 15.6. The van der Waals surface area contributed by atoms with Crippen LogP contribution in [0.3, 0.4) is 0 Å².